The van der Waals surface area contributed by atoms with Gasteiger partial charge in [-0.3, -0.25) is 4.79 Å². The maximum absolute atomic E-state index is 11.8. The Morgan fingerprint density at radius 2 is 2.11 bits per heavy atom. The minimum atomic E-state index is 0.0935. The molecule has 1 aliphatic heterocycles. The highest BCUT2D eigenvalue weighted by Crippen LogP contribution is 2.28. The molecule has 104 valence electrons. The minimum absolute atomic E-state index is 0.0935. The second-order valence-electron chi connectivity index (χ2n) is 4.70. The zero-order valence-electron chi connectivity index (χ0n) is 11.6. The normalized spacial score (nSPS) is 14.7. The fraction of sp³-hybridized carbons (Fsp3) is 0.500. The highest BCUT2D eigenvalue weighted by molar-refractivity contribution is 5.80. The number of ether oxygens (including phenoxy) is 2. The molecule has 0 aromatic heterocycles. The highest BCUT2D eigenvalue weighted by Gasteiger charge is 2.24. The third-order valence-corrected chi connectivity index (χ3v) is 3.45. The van der Waals surface area contributed by atoms with E-state index in [1.54, 1.807) is 14.2 Å². The highest BCUT2D eigenvalue weighted by atomic mass is 16.5. The Labute approximate surface area is 113 Å². The first-order valence-corrected chi connectivity index (χ1v) is 6.35. The SMILES string of the molecule is COc1cc(C)c(CNC(=O)C2CNC2)c(OC)c1. The summed E-state index contributed by atoms with van der Waals surface area (Å²) >= 11 is 0. The number of aryl methyl sites for hydroxylation is 1. The summed E-state index contributed by atoms with van der Waals surface area (Å²) in [5.74, 6) is 1.69. The Hall–Kier alpha value is -1.75. The van der Waals surface area contributed by atoms with E-state index in [0.717, 1.165) is 35.7 Å². The Balaban J connectivity index is 2.08. The van der Waals surface area contributed by atoms with Gasteiger partial charge in [-0.15, -0.1) is 0 Å². The number of carbonyl (C=O) groups excluding carboxylic acids is 1. The summed E-state index contributed by atoms with van der Waals surface area (Å²) < 4.78 is 10.6. The van der Waals surface area contributed by atoms with E-state index in [4.69, 9.17) is 9.47 Å². The van der Waals surface area contributed by atoms with Crippen molar-refractivity contribution in [2.45, 2.75) is 13.5 Å². The molecule has 1 fully saturated rings. The second kappa shape index (κ2) is 5.93. The van der Waals surface area contributed by atoms with Gasteiger partial charge in [-0.1, -0.05) is 0 Å². The molecule has 1 aromatic rings. The number of methoxy groups -OCH3 is 2. The fourth-order valence-corrected chi connectivity index (χ4v) is 2.07. The quantitative estimate of drug-likeness (QED) is 0.827. The van der Waals surface area contributed by atoms with Crippen molar-refractivity contribution >= 4 is 5.91 Å². The topological polar surface area (TPSA) is 59.6 Å². The van der Waals surface area contributed by atoms with E-state index in [1.165, 1.54) is 0 Å². The number of nitrogens with one attached hydrogen (secondary N) is 2. The van der Waals surface area contributed by atoms with E-state index in [-0.39, 0.29) is 11.8 Å². The van der Waals surface area contributed by atoms with Crippen LogP contribution in [-0.2, 0) is 11.3 Å². The lowest BCUT2D eigenvalue weighted by Crippen LogP contribution is -2.50. The molecule has 1 aromatic carbocycles. The van der Waals surface area contributed by atoms with Gasteiger partial charge in [-0.2, -0.15) is 0 Å². The lowest BCUT2D eigenvalue weighted by molar-refractivity contribution is -0.126. The molecule has 0 aliphatic carbocycles. The summed E-state index contributed by atoms with van der Waals surface area (Å²) in [4.78, 5) is 11.8. The number of hydrogen-bond acceptors (Lipinski definition) is 4. The molecule has 1 aliphatic rings. The molecule has 0 unspecified atom stereocenters. The van der Waals surface area contributed by atoms with Crippen molar-refractivity contribution in [2.24, 2.45) is 5.92 Å². The molecule has 0 spiro atoms. The van der Waals surface area contributed by atoms with Crippen LogP contribution in [0.5, 0.6) is 11.5 Å². The molecule has 2 N–H and O–H groups in total. The van der Waals surface area contributed by atoms with Crippen LogP contribution in [0, 0.1) is 12.8 Å². The van der Waals surface area contributed by atoms with E-state index in [0.29, 0.717) is 6.54 Å². The van der Waals surface area contributed by atoms with Crippen molar-refractivity contribution in [1.82, 2.24) is 10.6 Å². The Bertz CT molecular complexity index is 470. The van der Waals surface area contributed by atoms with Crippen LogP contribution in [-0.4, -0.2) is 33.2 Å². The zero-order chi connectivity index (χ0) is 13.8. The molecule has 19 heavy (non-hydrogen) atoms. The van der Waals surface area contributed by atoms with Crippen LogP contribution in [0.4, 0.5) is 0 Å². The lowest BCUT2D eigenvalue weighted by atomic mass is 10.0. The van der Waals surface area contributed by atoms with Crippen LogP contribution in [0.1, 0.15) is 11.1 Å². The van der Waals surface area contributed by atoms with Crippen molar-refractivity contribution in [3.05, 3.63) is 23.3 Å². The smallest absolute Gasteiger partial charge is 0.225 e. The maximum atomic E-state index is 11.8. The standard InChI is InChI=1S/C14H20N2O3/c1-9-4-11(18-2)5-13(19-3)12(9)8-16-14(17)10-6-15-7-10/h4-5,10,15H,6-8H2,1-3H3,(H,16,17). The Morgan fingerprint density at radius 1 is 1.37 bits per heavy atom. The third kappa shape index (κ3) is 2.98. The van der Waals surface area contributed by atoms with Crippen molar-refractivity contribution in [3.63, 3.8) is 0 Å². The largest absolute Gasteiger partial charge is 0.497 e. The molecule has 1 saturated heterocycles. The van der Waals surface area contributed by atoms with Crippen molar-refractivity contribution in [1.29, 1.82) is 0 Å². The number of rotatable bonds is 5. The van der Waals surface area contributed by atoms with Crippen LogP contribution in [0.2, 0.25) is 0 Å². The van der Waals surface area contributed by atoms with Crippen LogP contribution in [0.25, 0.3) is 0 Å². The summed E-state index contributed by atoms with van der Waals surface area (Å²) in [5, 5.41) is 6.04. The predicted octanol–water partition coefficient (Wildman–Crippen LogP) is 0.848. The number of hydrogen-bond donors (Lipinski definition) is 2. The van der Waals surface area contributed by atoms with Crippen LogP contribution < -0.4 is 20.1 Å². The van der Waals surface area contributed by atoms with Crippen LogP contribution in [0.3, 0.4) is 0 Å². The molecule has 0 saturated carbocycles. The van der Waals surface area contributed by atoms with Gasteiger partial charge in [0.25, 0.3) is 0 Å². The third-order valence-electron chi connectivity index (χ3n) is 3.45. The van der Waals surface area contributed by atoms with Gasteiger partial charge in [-0.05, 0) is 18.6 Å². The predicted molar refractivity (Wildman–Crippen MR) is 72.5 cm³/mol. The molecular formula is C14H20N2O3. The van der Waals surface area contributed by atoms with Gasteiger partial charge in [0, 0.05) is 31.3 Å². The van der Waals surface area contributed by atoms with E-state index in [2.05, 4.69) is 10.6 Å². The average Bonchev–Trinajstić information content (AvgIpc) is 2.34. The van der Waals surface area contributed by atoms with E-state index < -0.39 is 0 Å². The Morgan fingerprint density at radius 3 is 2.63 bits per heavy atom. The lowest BCUT2D eigenvalue weighted by Gasteiger charge is -2.26. The molecular weight excluding hydrogens is 244 g/mol. The first-order chi connectivity index (χ1) is 9.15. The fourth-order valence-electron chi connectivity index (χ4n) is 2.07. The van der Waals surface area contributed by atoms with Gasteiger partial charge in [0.1, 0.15) is 11.5 Å². The van der Waals surface area contributed by atoms with E-state index in [1.807, 2.05) is 19.1 Å². The van der Waals surface area contributed by atoms with Gasteiger partial charge in [0.05, 0.1) is 20.1 Å². The molecule has 5 heteroatoms. The second-order valence-corrected chi connectivity index (χ2v) is 4.70. The first-order valence-electron chi connectivity index (χ1n) is 6.35. The number of carbonyl (C=O) groups is 1. The molecule has 1 heterocycles. The molecule has 1 amide bonds. The monoisotopic (exact) mass is 264 g/mol. The van der Waals surface area contributed by atoms with Crippen molar-refractivity contribution in [3.8, 4) is 11.5 Å². The molecule has 0 atom stereocenters. The van der Waals surface area contributed by atoms with Gasteiger partial charge < -0.3 is 20.1 Å². The summed E-state index contributed by atoms with van der Waals surface area (Å²) in [6, 6.07) is 3.77. The summed E-state index contributed by atoms with van der Waals surface area (Å²) in [5.41, 5.74) is 2.03. The zero-order valence-corrected chi connectivity index (χ0v) is 11.6. The van der Waals surface area contributed by atoms with Crippen LogP contribution in [0.15, 0.2) is 12.1 Å². The minimum Gasteiger partial charge on any atom is -0.497 e. The molecule has 0 radical (unpaired) electrons. The first kappa shape index (κ1) is 13.7. The molecule has 5 nitrogen and oxygen atoms in total. The summed E-state index contributed by atoms with van der Waals surface area (Å²) in [7, 11) is 3.24. The van der Waals surface area contributed by atoms with Crippen LogP contribution >= 0.6 is 0 Å². The molecule has 2 rings (SSSR count). The molecule has 0 bridgehead atoms. The number of amides is 1. The maximum Gasteiger partial charge on any atom is 0.225 e. The van der Waals surface area contributed by atoms with Gasteiger partial charge >= 0.3 is 0 Å². The van der Waals surface area contributed by atoms with Gasteiger partial charge in [0.15, 0.2) is 0 Å². The van der Waals surface area contributed by atoms with E-state index >= 15 is 0 Å². The van der Waals surface area contributed by atoms with Gasteiger partial charge in [0.2, 0.25) is 5.91 Å². The average molecular weight is 264 g/mol. The summed E-state index contributed by atoms with van der Waals surface area (Å²) in [6.45, 7) is 4.00. The van der Waals surface area contributed by atoms with Crippen molar-refractivity contribution < 1.29 is 14.3 Å². The van der Waals surface area contributed by atoms with Crippen molar-refractivity contribution in [2.75, 3.05) is 27.3 Å². The summed E-state index contributed by atoms with van der Waals surface area (Å²) in [6.07, 6.45) is 0. The van der Waals surface area contributed by atoms with E-state index in [9.17, 15) is 4.79 Å². The number of benzene rings is 1. The Kier molecular flexibility index (Phi) is 4.27. The van der Waals surface area contributed by atoms with Gasteiger partial charge in [-0.25, -0.2) is 0 Å².